The summed E-state index contributed by atoms with van der Waals surface area (Å²) in [5, 5.41) is 24.2. The fourth-order valence-electron chi connectivity index (χ4n) is 2.00. The summed E-state index contributed by atoms with van der Waals surface area (Å²) >= 11 is 0. The summed E-state index contributed by atoms with van der Waals surface area (Å²) in [6.45, 7) is 3.73. The van der Waals surface area contributed by atoms with Gasteiger partial charge in [-0.15, -0.1) is 0 Å². The van der Waals surface area contributed by atoms with Crippen molar-refractivity contribution in [1.82, 2.24) is 9.78 Å². The summed E-state index contributed by atoms with van der Waals surface area (Å²) < 4.78 is 1.38. The lowest BCUT2D eigenvalue weighted by Gasteiger charge is -2.19. The molecule has 0 amide bonds. The quantitative estimate of drug-likeness (QED) is 0.590. The molecule has 0 radical (unpaired) electrons. The molecular weight excluding hydrogens is 252 g/mol. The van der Waals surface area contributed by atoms with Crippen molar-refractivity contribution in [3.05, 3.63) is 15.8 Å². The van der Waals surface area contributed by atoms with Gasteiger partial charge < -0.3 is 10.0 Å². The average Bonchev–Trinajstić information content (AvgIpc) is 2.63. The molecule has 8 nitrogen and oxygen atoms in total. The minimum absolute atomic E-state index is 0.0903. The van der Waals surface area contributed by atoms with E-state index in [-0.39, 0.29) is 18.1 Å². The molecule has 0 bridgehead atoms. The topological polar surface area (TPSA) is 102 Å². The Morgan fingerprint density at radius 1 is 1.53 bits per heavy atom. The molecule has 0 saturated heterocycles. The molecule has 0 fully saturated rings. The molecule has 0 aromatic carbocycles. The number of aryl methyl sites for hydroxylation is 2. The van der Waals surface area contributed by atoms with Gasteiger partial charge in [0, 0.05) is 13.6 Å². The van der Waals surface area contributed by atoms with Gasteiger partial charge in [0.1, 0.15) is 12.2 Å². The third-order valence-corrected chi connectivity index (χ3v) is 2.74. The fourth-order valence-corrected chi connectivity index (χ4v) is 2.00. The number of hydrogen-bond donors (Lipinski definition) is 1. The molecule has 106 valence electrons. The third-order valence-electron chi connectivity index (χ3n) is 2.74. The van der Waals surface area contributed by atoms with Crippen LogP contribution in [0.25, 0.3) is 0 Å². The van der Waals surface area contributed by atoms with E-state index in [1.807, 2.05) is 6.92 Å². The highest BCUT2D eigenvalue weighted by Gasteiger charge is 2.30. The van der Waals surface area contributed by atoms with E-state index >= 15 is 0 Å². The van der Waals surface area contributed by atoms with Gasteiger partial charge in [-0.2, -0.15) is 5.10 Å². The lowest BCUT2D eigenvalue weighted by molar-refractivity contribution is -0.384. The molecule has 1 N–H and O–H groups in total. The minimum atomic E-state index is -1.03. The van der Waals surface area contributed by atoms with E-state index in [9.17, 15) is 14.9 Å². The Bertz CT molecular complexity index is 483. The number of rotatable bonds is 7. The van der Waals surface area contributed by atoms with Crippen molar-refractivity contribution < 1.29 is 14.8 Å². The Hall–Kier alpha value is -2.12. The van der Waals surface area contributed by atoms with Crippen LogP contribution in [0.15, 0.2) is 0 Å². The van der Waals surface area contributed by atoms with E-state index in [1.54, 1.807) is 14.0 Å². The predicted molar refractivity (Wildman–Crippen MR) is 69.4 cm³/mol. The molecule has 19 heavy (non-hydrogen) atoms. The van der Waals surface area contributed by atoms with Gasteiger partial charge in [-0.05, 0) is 13.3 Å². The second kappa shape index (κ2) is 6.17. The van der Waals surface area contributed by atoms with Crippen LogP contribution in [-0.2, 0) is 18.3 Å². The molecular formula is C11H18N4O4. The van der Waals surface area contributed by atoms with Crippen molar-refractivity contribution in [3.63, 3.8) is 0 Å². The summed E-state index contributed by atoms with van der Waals surface area (Å²) in [5.41, 5.74) is 0.307. The highest BCUT2D eigenvalue weighted by Crippen LogP contribution is 2.31. The molecule has 0 spiro atoms. The first kappa shape index (κ1) is 14.9. The lowest BCUT2D eigenvalue weighted by atomic mass is 10.2. The summed E-state index contributed by atoms with van der Waals surface area (Å²) in [6.07, 6.45) is 1.23. The van der Waals surface area contributed by atoms with Crippen LogP contribution in [0.4, 0.5) is 11.5 Å². The number of likely N-dealkylation sites (N-methyl/N-ethyl adjacent to an activating group) is 1. The van der Waals surface area contributed by atoms with Crippen molar-refractivity contribution in [2.45, 2.75) is 26.7 Å². The summed E-state index contributed by atoms with van der Waals surface area (Å²) in [7, 11) is 1.59. The van der Waals surface area contributed by atoms with E-state index in [0.717, 1.165) is 6.42 Å². The highest BCUT2D eigenvalue weighted by molar-refractivity contribution is 5.75. The number of hydrogen-bond acceptors (Lipinski definition) is 5. The number of nitrogens with zero attached hydrogens (tertiary/aromatic N) is 4. The van der Waals surface area contributed by atoms with Crippen LogP contribution in [0, 0.1) is 10.1 Å². The Balaban J connectivity index is 3.30. The van der Waals surface area contributed by atoms with Gasteiger partial charge in [-0.1, -0.05) is 13.3 Å². The van der Waals surface area contributed by atoms with Crippen molar-refractivity contribution in [2.24, 2.45) is 7.05 Å². The fraction of sp³-hybridized carbons (Fsp3) is 0.636. The van der Waals surface area contributed by atoms with E-state index in [4.69, 9.17) is 5.11 Å². The number of aliphatic carboxylic acids is 1. The zero-order valence-corrected chi connectivity index (χ0v) is 11.3. The molecule has 0 unspecified atom stereocenters. The van der Waals surface area contributed by atoms with Crippen molar-refractivity contribution in [3.8, 4) is 0 Å². The number of aromatic nitrogens is 2. The first-order chi connectivity index (χ1) is 8.92. The number of nitro groups is 1. The molecule has 0 aliphatic carbocycles. The smallest absolute Gasteiger partial charge is 0.334 e. The normalized spacial score (nSPS) is 10.5. The summed E-state index contributed by atoms with van der Waals surface area (Å²) in [5.74, 6) is -0.785. The van der Waals surface area contributed by atoms with Gasteiger partial charge in [0.15, 0.2) is 0 Å². The van der Waals surface area contributed by atoms with Crippen LogP contribution in [0.5, 0.6) is 0 Å². The number of anilines is 1. The summed E-state index contributed by atoms with van der Waals surface area (Å²) in [6, 6.07) is 0. The predicted octanol–water partition coefficient (Wildman–Crippen LogP) is 1.19. The van der Waals surface area contributed by atoms with Gasteiger partial charge in [-0.3, -0.25) is 14.9 Å². The third kappa shape index (κ3) is 3.21. The Morgan fingerprint density at radius 2 is 2.16 bits per heavy atom. The second-order valence-electron chi connectivity index (χ2n) is 4.16. The maximum Gasteiger partial charge on any atom is 0.334 e. The van der Waals surface area contributed by atoms with Crippen LogP contribution < -0.4 is 4.90 Å². The molecule has 0 aliphatic heterocycles. The van der Waals surface area contributed by atoms with Gasteiger partial charge in [-0.25, -0.2) is 4.68 Å². The molecule has 1 rings (SSSR count). The van der Waals surface area contributed by atoms with E-state index in [1.165, 1.54) is 9.58 Å². The van der Waals surface area contributed by atoms with Crippen molar-refractivity contribution >= 4 is 17.5 Å². The highest BCUT2D eigenvalue weighted by atomic mass is 16.6. The second-order valence-corrected chi connectivity index (χ2v) is 4.16. The number of carbonyl (C=O) groups is 1. The van der Waals surface area contributed by atoms with Crippen molar-refractivity contribution in [1.29, 1.82) is 0 Å². The first-order valence-electron chi connectivity index (χ1n) is 6.09. The molecule has 8 heteroatoms. The standard InChI is InChI=1S/C11H18N4O4/c1-4-6-8-10(15(18)19)11(13(3)12-8)14(5-2)7-9(16)17/h4-7H2,1-3H3,(H,16,17). The SMILES string of the molecule is CCCc1nn(C)c(N(CC)CC(=O)O)c1[N+](=O)[O-]. The maximum atomic E-state index is 11.2. The Kier molecular flexibility index (Phi) is 4.85. The molecule has 0 atom stereocenters. The molecule has 0 saturated carbocycles. The maximum absolute atomic E-state index is 11.2. The molecule has 1 aromatic rings. The zero-order chi connectivity index (χ0) is 14.6. The molecule has 1 heterocycles. The monoisotopic (exact) mass is 270 g/mol. The van der Waals surface area contributed by atoms with Crippen LogP contribution in [0.1, 0.15) is 26.0 Å². The minimum Gasteiger partial charge on any atom is -0.480 e. The Morgan fingerprint density at radius 3 is 2.58 bits per heavy atom. The Labute approximate surface area is 110 Å². The van der Waals surface area contributed by atoms with Gasteiger partial charge in [0.25, 0.3) is 0 Å². The van der Waals surface area contributed by atoms with E-state index in [0.29, 0.717) is 18.7 Å². The van der Waals surface area contributed by atoms with Crippen LogP contribution >= 0.6 is 0 Å². The van der Waals surface area contributed by atoms with Crippen LogP contribution in [0.2, 0.25) is 0 Å². The van der Waals surface area contributed by atoms with E-state index in [2.05, 4.69) is 5.10 Å². The van der Waals surface area contributed by atoms with Crippen molar-refractivity contribution in [2.75, 3.05) is 18.0 Å². The first-order valence-corrected chi connectivity index (χ1v) is 6.09. The lowest BCUT2D eigenvalue weighted by Crippen LogP contribution is -2.31. The molecule has 0 aliphatic rings. The number of carboxylic acids is 1. The van der Waals surface area contributed by atoms with Gasteiger partial charge >= 0.3 is 11.7 Å². The number of carboxylic acid groups (broad SMARTS) is 1. The average molecular weight is 270 g/mol. The van der Waals surface area contributed by atoms with Crippen LogP contribution in [-0.4, -0.2) is 38.9 Å². The zero-order valence-electron chi connectivity index (χ0n) is 11.3. The largest absolute Gasteiger partial charge is 0.480 e. The van der Waals surface area contributed by atoms with Crippen LogP contribution in [0.3, 0.4) is 0 Å². The molecule has 1 aromatic heterocycles. The van der Waals surface area contributed by atoms with E-state index < -0.39 is 10.9 Å². The van der Waals surface area contributed by atoms with Gasteiger partial charge in [0.05, 0.1) is 4.92 Å². The summed E-state index contributed by atoms with van der Waals surface area (Å²) in [4.78, 5) is 23.0. The van der Waals surface area contributed by atoms with Gasteiger partial charge in [0.2, 0.25) is 5.82 Å².